The number of aromatic nitrogens is 2. The molecule has 1 aliphatic heterocycles. The van der Waals surface area contributed by atoms with Crippen LogP contribution in [0.25, 0.3) is 22.4 Å². The number of hydrogen-bond acceptors (Lipinski definition) is 5. The summed E-state index contributed by atoms with van der Waals surface area (Å²) in [5.41, 5.74) is 5.38. The van der Waals surface area contributed by atoms with Crippen molar-refractivity contribution in [3.05, 3.63) is 83.4 Å². The number of carbonyl (C=O) groups is 3. The summed E-state index contributed by atoms with van der Waals surface area (Å²) in [6.07, 6.45) is 0. The van der Waals surface area contributed by atoms with Crippen molar-refractivity contribution in [2.45, 2.75) is 0 Å². The molecule has 0 fully saturated rings. The van der Waals surface area contributed by atoms with Gasteiger partial charge in [0.2, 0.25) is 0 Å². The molecule has 5 rings (SSSR count). The fourth-order valence-corrected chi connectivity index (χ4v) is 3.51. The average molecular weight is 412 g/mol. The Kier molecular flexibility index (Phi) is 4.25. The molecule has 0 bridgehead atoms. The highest BCUT2D eigenvalue weighted by molar-refractivity contribution is 6.22. The zero-order chi connectivity index (χ0) is 21.5. The number of hydrogen-bond donors (Lipinski definition) is 2. The number of nitrogens with one attached hydrogen (secondary N) is 2. The van der Waals surface area contributed by atoms with Gasteiger partial charge in [-0.3, -0.25) is 19.8 Å². The van der Waals surface area contributed by atoms with Crippen LogP contribution >= 0.6 is 0 Å². The lowest BCUT2D eigenvalue weighted by molar-refractivity contribution is 0.0518. The van der Waals surface area contributed by atoms with E-state index in [0.717, 1.165) is 10.6 Å². The van der Waals surface area contributed by atoms with Gasteiger partial charge in [0.25, 0.3) is 17.7 Å². The summed E-state index contributed by atoms with van der Waals surface area (Å²) in [4.78, 5) is 45.4. The van der Waals surface area contributed by atoms with Gasteiger partial charge in [0.15, 0.2) is 0 Å². The average Bonchev–Trinajstić information content (AvgIpc) is 3.34. The topological polar surface area (TPSA) is 104 Å². The van der Waals surface area contributed by atoms with E-state index in [2.05, 4.69) is 15.4 Å². The number of aromatic amines is 1. The molecule has 0 aliphatic carbocycles. The number of hydrazine groups is 1. The van der Waals surface area contributed by atoms with Crippen molar-refractivity contribution >= 4 is 28.8 Å². The first-order valence-corrected chi connectivity index (χ1v) is 9.48. The maximum absolute atomic E-state index is 12.7. The van der Waals surface area contributed by atoms with Crippen molar-refractivity contribution in [1.29, 1.82) is 0 Å². The van der Waals surface area contributed by atoms with Gasteiger partial charge in [0, 0.05) is 11.1 Å². The second kappa shape index (κ2) is 7.10. The number of carbonyl (C=O) groups excluding carboxylic acids is 3. The standard InChI is InChI=1S/C23H16N4O4/c1-31-15-6-4-5-13(11-15)20-24-18-10-9-14(12-19(18)25-20)21(28)26-27-22(29)16-7-2-3-8-17(16)23(27)30/h2-12H,1H3,(H,24,25)(H,26,28). The highest BCUT2D eigenvalue weighted by atomic mass is 16.5. The Morgan fingerprint density at radius 2 is 1.71 bits per heavy atom. The largest absolute Gasteiger partial charge is 0.497 e. The third-order valence-electron chi connectivity index (χ3n) is 5.09. The molecule has 0 spiro atoms. The third-order valence-corrected chi connectivity index (χ3v) is 5.09. The lowest BCUT2D eigenvalue weighted by Crippen LogP contribution is -2.45. The predicted octanol–water partition coefficient (Wildman–Crippen LogP) is 3.18. The van der Waals surface area contributed by atoms with Crippen LogP contribution in [-0.4, -0.2) is 39.8 Å². The van der Waals surface area contributed by atoms with Gasteiger partial charge in [-0.25, -0.2) is 4.98 Å². The molecule has 3 amide bonds. The number of nitrogens with zero attached hydrogens (tertiary/aromatic N) is 2. The maximum Gasteiger partial charge on any atom is 0.280 e. The molecule has 0 radical (unpaired) electrons. The maximum atomic E-state index is 12.7. The molecule has 0 unspecified atom stereocenters. The van der Waals surface area contributed by atoms with Gasteiger partial charge in [-0.05, 0) is 42.5 Å². The number of fused-ring (bicyclic) bond motifs is 2. The number of methoxy groups -OCH3 is 1. The Labute approximate surface area is 176 Å². The van der Waals surface area contributed by atoms with Crippen LogP contribution in [0.5, 0.6) is 5.75 Å². The van der Waals surface area contributed by atoms with Crippen molar-refractivity contribution in [2.24, 2.45) is 0 Å². The second-order valence-corrected chi connectivity index (χ2v) is 6.98. The smallest absolute Gasteiger partial charge is 0.280 e. The Hall–Kier alpha value is -4.46. The van der Waals surface area contributed by atoms with Crippen LogP contribution in [0.2, 0.25) is 0 Å². The molecule has 0 saturated heterocycles. The van der Waals surface area contributed by atoms with Crippen LogP contribution in [-0.2, 0) is 0 Å². The normalized spacial score (nSPS) is 12.9. The van der Waals surface area contributed by atoms with Crippen molar-refractivity contribution in [3.8, 4) is 17.1 Å². The predicted molar refractivity (Wildman–Crippen MR) is 112 cm³/mol. The van der Waals surface area contributed by atoms with E-state index >= 15 is 0 Å². The first-order valence-electron chi connectivity index (χ1n) is 9.48. The molecular formula is C23H16N4O4. The van der Waals surface area contributed by atoms with Crippen molar-refractivity contribution in [2.75, 3.05) is 7.11 Å². The quantitative estimate of drug-likeness (QED) is 0.501. The summed E-state index contributed by atoms with van der Waals surface area (Å²) in [6, 6.07) is 18.8. The minimum Gasteiger partial charge on any atom is -0.497 e. The number of imidazole rings is 1. The van der Waals surface area contributed by atoms with E-state index in [9.17, 15) is 14.4 Å². The van der Waals surface area contributed by atoms with Crippen molar-refractivity contribution < 1.29 is 19.1 Å². The third kappa shape index (κ3) is 3.10. The van der Waals surface area contributed by atoms with Crippen LogP contribution in [0, 0.1) is 0 Å². The Morgan fingerprint density at radius 1 is 0.968 bits per heavy atom. The van der Waals surface area contributed by atoms with Crippen LogP contribution in [0.1, 0.15) is 31.1 Å². The van der Waals surface area contributed by atoms with Crippen LogP contribution < -0.4 is 10.2 Å². The molecule has 2 N–H and O–H groups in total. The summed E-state index contributed by atoms with van der Waals surface area (Å²) >= 11 is 0. The molecule has 152 valence electrons. The van der Waals surface area contributed by atoms with E-state index in [1.807, 2.05) is 24.3 Å². The van der Waals surface area contributed by atoms with Gasteiger partial charge in [-0.15, -0.1) is 0 Å². The summed E-state index contributed by atoms with van der Waals surface area (Å²) in [7, 11) is 1.59. The van der Waals surface area contributed by atoms with Gasteiger partial charge < -0.3 is 9.72 Å². The molecule has 1 aliphatic rings. The molecule has 1 aromatic heterocycles. The zero-order valence-corrected chi connectivity index (χ0v) is 16.4. The summed E-state index contributed by atoms with van der Waals surface area (Å²) in [6.45, 7) is 0. The summed E-state index contributed by atoms with van der Waals surface area (Å²) < 4.78 is 5.25. The van der Waals surface area contributed by atoms with Crippen molar-refractivity contribution in [3.63, 3.8) is 0 Å². The number of imide groups is 1. The molecule has 31 heavy (non-hydrogen) atoms. The monoisotopic (exact) mass is 412 g/mol. The second-order valence-electron chi connectivity index (χ2n) is 6.98. The zero-order valence-electron chi connectivity index (χ0n) is 16.4. The van der Waals surface area contributed by atoms with E-state index in [0.29, 0.717) is 22.6 Å². The molecule has 8 heteroatoms. The van der Waals surface area contributed by atoms with E-state index in [4.69, 9.17) is 4.74 Å². The number of rotatable bonds is 4. The van der Waals surface area contributed by atoms with E-state index in [-0.39, 0.29) is 16.7 Å². The van der Waals surface area contributed by atoms with E-state index in [1.54, 1.807) is 49.6 Å². The SMILES string of the molecule is COc1cccc(-c2nc3ccc(C(=O)NN4C(=O)c5ccccc5C4=O)cc3[nH]2)c1. The lowest BCUT2D eigenvalue weighted by atomic mass is 10.1. The number of benzene rings is 3. The Balaban J connectivity index is 1.41. The highest BCUT2D eigenvalue weighted by Gasteiger charge is 2.36. The Morgan fingerprint density at radius 3 is 2.42 bits per heavy atom. The highest BCUT2D eigenvalue weighted by Crippen LogP contribution is 2.25. The van der Waals surface area contributed by atoms with Crippen molar-refractivity contribution in [1.82, 2.24) is 20.4 Å². The van der Waals surface area contributed by atoms with Crippen LogP contribution in [0.3, 0.4) is 0 Å². The molecule has 8 nitrogen and oxygen atoms in total. The molecule has 0 atom stereocenters. The van der Waals surface area contributed by atoms with Gasteiger partial charge in [0.05, 0.1) is 29.3 Å². The van der Waals surface area contributed by atoms with Gasteiger partial charge in [0.1, 0.15) is 11.6 Å². The Bertz CT molecular complexity index is 1340. The lowest BCUT2D eigenvalue weighted by Gasteiger charge is -2.14. The minimum atomic E-state index is -0.575. The van der Waals surface area contributed by atoms with Gasteiger partial charge in [-0.1, -0.05) is 24.3 Å². The number of ether oxygens (including phenoxy) is 1. The summed E-state index contributed by atoms with van der Waals surface area (Å²) in [5, 5.41) is 0.742. The molecule has 2 heterocycles. The fraction of sp³-hybridized carbons (Fsp3) is 0.0435. The first kappa shape index (κ1) is 18.6. The molecule has 4 aromatic rings. The van der Waals surface area contributed by atoms with Crippen LogP contribution in [0.15, 0.2) is 66.7 Å². The van der Waals surface area contributed by atoms with E-state index < -0.39 is 17.7 Å². The molecule has 3 aromatic carbocycles. The van der Waals surface area contributed by atoms with E-state index in [1.165, 1.54) is 0 Å². The van der Waals surface area contributed by atoms with Gasteiger partial charge >= 0.3 is 0 Å². The van der Waals surface area contributed by atoms with Gasteiger partial charge in [-0.2, -0.15) is 5.01 Å². The molecular weight excluding hydrogens is 396 g/mol. The number of amides is 3. The number of H-pyrrole nitrogens is 1. The minimum absolute atomic E-state index is 0.264. The summed E-state index contributed by atoms with van der Waals surface area (Å²) in [5.74, 6) is -0.353. The molecule has 0 saturated carbocycles. The van der Waals surface area contributed by atoms with Crippen LogP contribution in [0.4, 0.5) is 0 Å². The first-order chi connectivity index (χ1) is 15.0. The fourth-order valence-electron chi connectivity index (χ4n) is 3.51.